The van der Waals surface area contributed by atoms with Crippen LogP contribution in [0.4, 0.5) is 0 Å². The molecular weight excluding hydrogens is 240 g/mol. The number of nitrogens with zero attached hydrogens (tertiary/aromatic N) is 1. The van der Waals surface area contributed by atoms with Crippen molar-refractivity contribution in [2.45, 2.75) is 71.4 Å². The van der Waals surface area contributed by atoms with Crippen LogP contribution in [-0.4, -0.2) is 41.8 Å². The van der Waals surface area contributed by atoms with Crippen molar-refractivity contribution in [2.24, 2.45) is 0 Å². The Morgan fingerprint density at radius 1 is 1.37 bits per heavy atom. The molecule has 4 nitrogen and oxygen atoms in total. The third-order valence-electron chi connectivity index (χ3n) is 3.75. The van der Waals surface area contributed by atoms with Crippen molar-refractivity contribution >= 4 is 11.7 Å². The Bertz CT molecular complexity index is 305. The Kier molecular flexibility index (Phi) is 7.06. The molecule has 2 unspecified atom stereocenters. The average molecular weight is 268 g/mol. The van der Waals surface area contributed by atoms with Gasteiger partial charge in [0.15, 0.2) is 0 Å². The van der Waals surface area contributed by atoms with E-state index in [9.17, 15) is 9.59 Å². The van der Waals surface area contributed by atoms with Crippen LogP contribution >= 0.6 is 0 Å². The summed E-state index contributed by atoms with van der Waals surface area (Å²) in [4.78, 5) is 25.4. The largest absolute Gasteiger partial charge is 0.353 e. The number of carbonyl (C=O) groups is 2. The second-order valence-corrected chi connectivity index (χ2v) is 5.78. The van der Waals surface area contributed by atoms with Crippen molar-refractivity contribution in [3.63, 3.8) is 0 Å². The van der Waals surface area contributed by atoms with E-state index in [1.807, 2.05) is 6.92 Å². The lowest BCUT2D eigenvalue weighted by Gasteiger charge is -2.35. The van der Waals surface area contributed by atoms with E-state index in [1.54, 1.807) is 6.92 Å². The van der Waals surface area contributed by atoms with E-state index in [0.29, 0.717) is 13.0 Å². The fraction of sp³-hybridized carbons (Fsp3) is 0.867. The molecule has 1 amide bonds. The van der Waals surface area contributed by atoms with Gasteiger partial charge in [0, 0.05) is 18.5 Å². The molecule has 1 aliphatic rings. The lowest BCUT2D eigenvalue weighted by Crippen LogP contribution is -2.47. The van der Waals surface area contributed by atoms with E-state index < -0.39 is 0 Å². The molecule has 0 radical (unpaired) electrons. The highest BCUT2D eigenvalue weighted by atomic mass is 16.2. The zero-order valence-electron chi connectivity index (χ0n) is 12.6. The van der Waals surface area contributed by atoms with E-state index in [4.69, 9.17) is 0 Å². The van der Waals surface area contributed by atoms with Crippen LogP contribution in [-0.2, 0) is 9.59 Å². The number of ketones is 1. The van der Waals surface area contributed by atoms with Gasteiger partial charge < -0.3 is 5.32 Å². The van der Waals surface area contributed by atoms with Crippen LogP contribution in [0.15, 0.2) is 0 Å². The van der Waals surface area contributed by atoms with E-state index in [0.717, 1.165) is 32.2 Å². The molecule has 0 saturated carbocycles. The quantitative estimate of drug-likeness (QED) is 0.769. The van der Waals surface area contributed by atoms with Gasteiger partial charge >= 0.3 is 0 Å². The fourth-order valence-corrected chi connectivity index (χ4v) is 2.84. The van der Waals surface area contributed by atoms with Crippen molar-refractivity contribution in [1.29, 1.82) is 0 Å². The van der Waals surface area contributed by atoms with Crippen molar-refractivity contribution in [3.8, 4) is 0 Å². The first-order valence-corrected chi connectivity index (χ1v) is 7.55. The second-order valence-electron chi connectivity index (χ2n) is 5.78. The number of likely N-dealkylation sites (tertiary alicyclic amines) is 1. The second kappa shape index (κ2) is 8.31. The molecule has 0 aromatic carbocycles. The summed E-state index contributed by atoms with van der Waals surface area (Å²) in [6, 6.07) is 0.507. The van der Waals surface area contributed by atoms with E-state index >= 15 is 0 Å². The third-order valence-corrected chi connectivity index (χ3v) is 3.75. The Labute approximate surface area is 116 Å². The summed E-state index contributed by atoms with van der Waals surface area (Å²) in [5.41, 5.74) is 0. The summed E-state index contributed by atoms with van der Waals surface area (Å²) in [5, 5.41) is 3.04. The molecule has 1 rings (SSSR count). The Morgan fingerprint density at radius 2 is 2.11 bits per heavy atom. The number of Topliss-reactive ketones (excluding diaryl/α,β-unsaturated/α-hetero) is 1. The SMILES string of the molecule is CCCC(C)NC(=O)CN1CCCCC1CC(C)=O. The molecule has 1 fully saturated rings. The van der Waals surface area contributed by atoms with Crippen molar-refractivity contribution < 1.29 is 9.59 Å². The van der Waals surface area contributed by atoms with E-state index in [1.165, 1.54) is 6.42 Å². The summed E-state index contributed by atoms with van der Waals surface area (Å²) in [6.07, 6.45) is 6.02. The highest BCUT2D eigenvalue weighted by molar-refractivity contribution is 5.79. The minimum Gasteiger partial charge on any atom is -0.353 e. The third kappa shape index (κ3) is 6.19. The Balaban J connectivity index is 2.43. The highest BCUT2D eigenvalue weighted by Gasteiger charge is 2.25. The molecule has 2 atom stereocenters. The monoisotopic (exact) mass is 268 g/mol. The molecule has 0 aromatic rings. The summed E-state index contributed by atoms with van der Waals surface area (Å²) >= 11 is 0. The topological polar surface area (TPSA) is 49.4 Å². The average Bonchev–Trinajstić information content (AvgIpc) is 2.31. The molecule has 0 spiro atoms. The van der Waals surface area contributed by atoms with Gasteiger partial charge in [-0.1, -0.05) is 19.8 Å². The van der Waals surface area contributed by atoms with Gasteiger partial charge in [0.2, 0.25) is 5.91 Å². The van der Waals surface area contributed by atoms with Gasteiger partial charge in [-0.25, -0.2) is 0 Å². The van der Waals surface area contributed by atoms with Crippen LogP contribution in [0.1, 0.15) is 59.3 Å². The van der Waals surface area contributed by atoms with Crippen molar-refractivity contribution in [2.75, 3.05) is 13.1 Å². The van der Waals surface area contributed by atoms with Crippen LogP contribution in [0.5, 0.6) is 0 Å². The van der Waals surface area contributed by atoms with Gasteiger partial charge in [0.1, 0.15) is 5.78 Å². The number of amides is 1. The first-order valence-electron chi connectivity index (χ1n) is 7.55. The van der Waals surface area contributed by atoms with Crippen LogP contribution in [0, 0.1) is 0 Å². The molecule has 4 heteroatoms. The summed E-state index contributed by atoms with van der Waals surface area (Å²) in [5.74, 6) is 0.313. The molecule has 0 aromatic heterocycles. The molecule has 110 valence electrons. The molecule has 0 bridgehead atoms. The fourth-order valence-electron chi connectivity index (χ4n) is 2.84. The van der Waals surface area contributed by atoms with Crippen LogP contribution in [0.2, 0.25) is 0 Å². The number of rotatable bonds is 7. The number of hydrogen-bond acceptors (Lipinski definition) is 3. The number of hydrogen-bond donors (Lipinski definition) is 1. The first kappa shape index (κ1) is 16.2. The summed E-state index contributed by atoms with van der Waals surface area (Å²) in [7, 11) is 0. The smallest absolute Gasteiger partial charge is 0.234 e. The molecule has 19 heavy (non-hydrogen) atoms. The molecule has 1 aliphatic heterocycles. The number of carbonyl (C=O) groups excluding carboxylic acids is 2. The van der Waals surface area contributed by atoms with Crippen molar-refractivity contribution in [3.05, 3.63) is 0 Å². The number of piperidine rings is 1. The minimum atomic E-state index is 0.0939. The molecule has 1 heterocycles. The predicted octanol–water partition coefficient (Wildman–Crippen LogP) is 2.12. The van der Waals surface area contributed by atoms with Crippen LogP contribution in [0.3, 0.4) is 0 Å². The summed E-state index contributed by atoms with van der Waals surface area (Å²) < 4.78 is 0. The predicted molar refractivity (Wildman–Crippen MR) is 77.0 cm³/mol. The highest BCUT2D eigenvalue weighted by Crippen LogP contribution is 2.19. The van der Waals surface area contributed by atoms with Crippen molar-refractivity contribution in [1.82, 2.24) is 10.2 Å². The zero-order valence-corrected chi connectivity index (χ0v) is 12.6. The number of nitrogens with one attached hydrogen (secondary N) is 1. The normalized spacial score (nSPS) is 21.9. The van der Waals surface area contributed by atoms with E-state index in [2.05, 4.69) is 17.1 Å². The Hall–Kier alpha value is -0.900. The van der Waals surface area contributed by atoms with Gasteiger partial charge in [-0.2, -0.15) is 0 Å². The van der Waals surface area contributed by atoms with Crippen LogP contribution in [0.25, 0.3) is 0 Å². The zero-order chi connectivity index (χ0) is 14.3. The molecule has 1 saturated heterocycles. The standard InChI is InChI=1S/C15H28N2O2/c1-4-7-12(2)16-15(19)11-17-9-6-5-8-14(17)10-13(3)18/h12,14H,4-11H2,1-3H3,(H,16,19). The first-order chi connectivity index (χ1) is 9.02. The minimum absolute atomic E-state index is 0.0939. The lowest BCUT2D eigenvalue weighted by atomic mass is 9.98. The van der Waals surface area contributed by atoms with Crippen LogP contribution < -0.4 is 5.32 Å². The van der Waals surface area contributed by atoms with Gasteiger partial charge in [-0.05, 0) is 39.7 Å². The lowest BCUT2D eigenvalue weighted by molar-refractivity contribution is -0.125. The molecular formula is C15H28N2O2. The van der Waals surface area contributed by atoms with Gasteiger partial charge in [-0.15, -0.1) is 0 Å². The maximum Gasteiger partial charge on any atom is 0.234 e. The Morgan fingerprint density at radius 3 is 2.74 bits per heavy atom. The summed E-state index contributed by atoms with van der Waals surface area (Å²) in [6.45, 7) is 7.18. The maximum atomic E-state index is 12.0. The molecule has 1 N–H and O–H groups in total. The maximum absolute atomic E-state index is 12.0. The van der Waals surface area contributed by atoms with Gasteiger partial charge in [-0.3, -0.25) is 14.5 Å². The molecule has 0 aliphatic carbocycles. The van der Waals surface area contributed by atoms with Gasteiger partial charge in [0.05, 0.1) is 6.54 Å². The van der Waals surface area contributed by atoms with E-state index in [-0.39, 0.29) is 23.8 Å². The van der Waals surface area contributed by atoms with Gasteiger partial charge in [0.25, 0.3) is 0 Å².